The van der Waals surface area contributed by atoms with Crippen LogP contribution in [0.5, 0.6) is 11.5 Å². The molecule has 4 nitrogen and oxygen atoms in total. The number of aryl methyl sites for hydroxylation is 1. The van der Waals surface area contributed by atoms with E-state index in [1.165, 1.54) is 11.1 Å². The maximum Gasteiger partial charge on any atom is 0.180 e. The summed E-state index contributed by atoms with van der Waals surface area (Å²) in [6.07, 6.45) is 0. The van der Waals surface area contributed by atoms with Gasteiger partial charge in [0.2, 0.25) is 0 Å². The fraction of sp³-hybridized carbons (Fsp3) is 0.289. The van der Waals surface area contributed by atoms with E-state index in [-0.39, 0.29) is 38.3 Å². The molecule has 1 aromatic heterocycles. The van der Waals surface area contributed by atoms with Crippen LogP contribution in [0.2, 0.25) is 5.02 Å². The van der Waals surface area contributed by atoms with Crippen LogP contribution in [0.4, 0.5) is 34.1 Å². The number of rotatable bonds is 6. The molecule has 6 rings (SSSR count). The molecule has 5 aromatic carbocycles. The molecule has 9 heteroatoms. The highest BCUT2D eigenvalue weighted by Crippen LogP contribution is 2.51. The predicted molar refractivity (Wildman–Crippen MR) is 237 cm³/mol. The summed E-state index contributed by atoms with van der Waals surface area (Å²) in [6, 6.07) is 27.3. The molecule has 6 aromatic rings. The van der Waals surface area contributed by atoms with Crippen LogP contribution in [-0.4, -0.2) is 33.8 Å². The molecule has 0 saturated heterocycles. The zero-order chi connectivity index (χ0) is 39.7. The molecule has 0 bridgehead atoms. The van der Waals surface area contributed by atoms with E-state index >= 15 is 0 Å². The highest BCUT2D eigenvalue weighted by Gasteiger charge is 2.29. The molecular weight excluding hydrogens is 700 g/mol. The summed E-state index contributed by atoms with van der Waals surface area (Å²) in [5, 5.41) is 26.3. The van der Waals surface area contributed by atoms with Crippen LogP contribution in [0.25, 0.3) is 10.1 Å². The lowest BCUT2D eigenvalue weighted by molar-refractivity contribution is 0.408. The number of fused-ring (bicyclic) bond motifs is 1. The number of halogens is 1. The van der Waals surface area contributed by atoms with Crippen LogP contribution in [0.15, 0.2) is 84.2 Å². The molecule has 0 fully saturated rings. The Morgan fingerprint density at radius 1 is 0.556 bits per heavy atom. The van der Waals surface area contributed by atoms with Gasteiger partial charge in [-0.2, -0.15) is 0 Å². The van der Waals surface area contributed by atoms with Crippen molar-refractivity contribution in [2.45, 2.75) is 85.5 Å². The highest BCUT2D eigenvalue weighted by molar-refractivity contribution is 7.17. The first kappa shape index (κ1) is 39.4. The number of nitrogens with zero attached hydrogens (tertiary/aromatic N) is 2. The summed E-state index contributed by atoms with van der Waals surface area (Å²) in [4.78, 5) is 3.95. The van der Waals surface area contributed by atoms with E-state index in [4.69, 9.17) is 35.1 Å². The number of phenolic OH excluding ortho intramolecular Hbond substituents is 2. The number of hydrogen-bond acceptors (Lipinski definition) is 5. The van der Waals surface area contributed by atoms with Gasteiger partial charge in [-0.25, -0.2) is 0 Å². The van der Waals surface area contributed by atoms with Crippen LogP contribution in [-0.2, 0) is 16.2 Å². The molecule has 0 atom stereocenters. The molecule has 0 spiro atoms. The van der Waals surface area contributed by atoms with Crippen LogP contribution in [0.3, 0.4) is 0 Å². The van der Waals surface area contributed by atoms with E-state index in [2.05, 4.69) is 121 Å². The van der Waals surface area contributed by atoms with E-state index in [0.717, 1.165) is 38.3 Å². The normalized spacial score (nSPS) is 12.4. The molecule has 0 saturated carbocycles. The second-order valence-electron chi connectivity index (χ2n) is 17.3. The summed E-state index contributed by atoms with van der Waals surface area (Å²) in [6.45, 7) is 21.7. The van der Waals surface area contributed by atoms with E-state index < -0.39 is 11.5 Å². The first-order valence-electron chi connectivity index (χ1n) is 18.1. The number of benzene rings is 5. The van der Waals surface area contributed by atoms with Crippen molar-refractivity contribution >= 4 is 107 Å². The quantitative estimate of drug-likeness (QED) is 0.132. The predicted octanol–water partition coefficient (Wildman–Crippen LogP) is 10.5. The average Bonchev–Trinajstić information content (AvgIpc) is 3.52. The molecule has 54 heavy (non-hydrogen) atoms. The van der Waals surface area contributed by atoms with Gasteiger partial charge >= 0.3 is 0 Å². The molecular formula is C45H46B3ClN2O2S. The smallest absolute Gasteiger partial charge is 0.180 e. The number of thiophene rings is 1. The molecule has 6 radical (unpaired) electrons. The maximum atomic E-state index is 11.6. The van der Waals surface area contributed by atoms with Gasteiger partial charge in [-0.15, -0.1) is 16.8 Å². The first-order valence-corrected chi connectivity index (χ1v) is 19.4. The molecule has 2 N–H and O–H groups in total. The summed E-state index contributed by atoms with van der Waals surface area (Å²) in [5.41, 5.74) is 7.89. The number of anilines is 6. The van der Waals surface area contributed by atoms with Gasteiger partial charge in [-0.1, -0.05) is 115 Å². The lowest BCUT2D eigenvalue weighted by Gasteiger charge is -2.34. The molecule has 0 unspecified atom stereocenters. The SMILES string of the molecule is [B]c1c([B])c(O)c(O)c(N(c2ccc(C(C)(C)C)cc2)c2cc(C)cc(N(c3ccc(C(C)(C)C)cc3)c3csc4ccc(C(C)(C)C)cc34)c2Cl)c1[B]. The zero-order valence-corrected chi connectivity index (χ0v) is 34.5. The third-order valence-corrected chi connectivity index (χ3v) is 11.4. The Morgan fingerprint density at radius 3 is 1.52 bits per heavy atom. The van der Waals surface area contributed by atoms with E-state index in [0.29, 0.717) is 16.4 Å². The van der Waals surface area contributed by atoms with Gasteiger partial charge in [0.05, 0.1) is 27.8 Å². The molecule has 1 heterocycles. The van der Waals surface area contributed by atoms with Gasteiger partial charge < -0.3 is 20.0 Å². The lowest BCUT2D eigenvalue weighted by atomic mass is 9.70. The largest absolute Gasteiger partial charge is 0.505 e. The van der Waals surface area contributed by atoms with E-state index in [9.17, 15) is 10.2 Å². The van der Waals surface area contributed by atoms with Crippen LogP contribution >= 0.6 is 22.9 Å². The van der Waals surface area contributed by atoms with Crippen molar-refractivity contribution in [2.24, 2.45) is 0 Å². The summed E-state index contributed by atoms with van der Waals surface area (Å²) >= 11 is 9.38. The van der Waals surface area contributed by atoms with Crippen molar-refractivity contribution < 1.29 is 10.2 Å². The summed E-state index contributed by atoms with van der Waals surface area (Å²) in [7, 11) is 19.1. The summed E-state index contributed by atoms with van der Waals surface area (Å²) < 4.78 is 1.16. The standard InChI is InChI=1S/C45H46B3ClN2O2S/c1-25-21-32(50(29-16-11-26(12-17-29)43(2,3)4)34-24-54-35-20-15-28(23-31(34)35)45(8,9)10)39(49)33(22-25)51(30-18-13-27(14-19-30)44(5,6)7)40-37(47)36(46)38(48)41(52)42(40)53/h11-24,52-53H,1-10H3. The third kappa shape index (κ3) is 7.28. The number of phenols is 2. The van der Waals surface area contributed by atoms with Gasteiger partial charge in [-0.3, -0.25) is 0 Å². The second-order valence-corrected chi connectivity index (χ2v) is 18.5. The van der Waals surface area contributed by atoms with Crippen molar-refractivity contribution in [1.29, 1.82) is 0 Å². The number of aromatic hydroxyl groups is 2. The van der Waals surface area contributed by atoms with Gasteiger partial charge in [0.15, 0.2) is 11.5 Å². The van der Waals surface area contributed by atoms with Gasteiger partial charge in [0.1, 0.15) is 23.5 Å². The minimum absolute atomic E-state index is 0.00924. The third-order valence-electron chi connectivity index (χ3n) is 10.1. The van der Waals surface area contributed by atoms with E-state index in [1.54, 1.807) is 16.2 Å². The van der Waals surface area contributed by atoms with Gasteiger partial charge in [-0.05, 0) is 94.0 Å². The van der Waals surface area contributed by atoms with Gasteiger partial charge in [0.25, 0.3) is 0 Å². The second kappa shape index (κ2) is 14.1. The molecule has 270 valence electrons. The average molecular weight is 747 g/mol. The molecule has 0 aliphatic rings. The van der Waals surface area contributed by atoms with Crippen molar-refractivity contribution in [1.82, 2.24) is 0 Å². The Morgan fingerprint density at radius 2 is 1.02 bits per heavy atom. The zero-order valence-electron chi connectivity index (χ0n) is 32.9. The van der Waals surface area contributed by atoms with Crippen molar-refractivity contribution in [3.05, 3.63) is 112 Å². The van der Waals surface area contributed by atoms with Gasteiger partial charge in [0, 0.05) is 26.8 Å². The van der Waals surface area contributed by atoms with Crippen molar-refractivity contribution in [3.8, 4) is 11.5 Å². The molecule has 0 aliphatic heterocycles. The molecule has 0 amide bonds. The topological polar surface area (TPSA) is 46.9 Å². The Kier molecular flexibility index (Phi) is 10.3. The Labute approximate surface area is 334 Å². The maximum absolute atomic E-state index is 11.6. The molecule has 0 aliphatic carbocycles. The monoisotopic (exact) mass is 746 g/mol. The van der Waals surface area contributed by atoms with Crippen LogP contribution in [0, 0.1) is 6.92 Å². The Balaban J connectivity index is 1.68. The first-order chi connectivity index (χ1) is 25.1. The summed E-state index contributed by atoms with van der Waals surface area (Å²) in [5.74, 6) is -1.07. The lowest BCUT2D eigenvalue weighted by Crippen LogP contribution is -2.41. The van der Waals surface area contributed by atoms with Crippen molar-refractivity contribution in [2.75, 3.05) is 9.80 Å². The van der Waals surface area contributed by atoms with Crippen molar-refractivity contribution in [3.63, 3.8) is 0 Å². The minimum atomic E-state index is -0.558. The number of hydrogen-bond donors (Lipinski definition) is 2. The minimum Gasteiger partial charge on any atom is -0.505 e. The Hall–Kier alpha value is -4.26. The highest BCUT2D eigenvalue weighted by atomic mass is 35.5. The van der Waals surface area contributed by atoms with Crippen LogP contribution < -0.4 is 26.2 Å². The fourth-order valence-corrected chi connectivity index (χ4v) is 7.91. The fourth-order valence-electron chi connectivity index (χ4n) is 6.72. The van der Waals surface area contributed by atoms with E-state index in [1.807, 2.05) is 37.3 Å². The van der Waals surface area contributed by atoms with Crippen LogP contribution in [0.1, 0.15) is 84.6 Å². The Bertz CT molecular complexity index is 2340.